The molecule has 1 N–H and O–H groups in total. The standard InChI is InChI=1S/C11H15NO/c1-11(2,3)12-10(13)9-7-5-4-6-8-9/h4-8H,1-3H3,(H,12,13)/i/hD. The van der Waals surface area contributed by atoms with E-state index in [1.165, 1.54) is 0 Å². The van der Waals surface area contributed by atoms with E-state index < -0.39 is 5.54 Å². The Bertz CT molecular complexity index is 316. The topological polar surface area (TPSA) is 29.1 Å². The molecule has 2 nitrogen and oxygen atoms in total. The predicted molar refractivity (Wildman–Crippen MR) is 53.7 cm³/mol. The number of hydrogen-bond acceptors (Lipinski definition) is 1. The summed E-state index contributed by atoms with van der Waals surface area (Å²) in [7, 11) is 0. The lowest BCUT2D eigenvalue weighted by Crippen LogP contribution is -2.40. The van der Waals surface area contributed by atoms with Gasteiger partial charge in [-0.15, -0.1) is 0 Å². The van der Waals surface area contributed by atoms with Crippen LogP contribution in [0.1, 0.15) is 31.1 Å². The van der Waals surface area contributed by atoms with Gasteiger partial charge in [0.2, 0.25) is 0 Å². The lowest BCUT2D eigenvalue weighted by molar-refractivity contribution is 0.0919. The summed E-state index contributed by atoms with van der Waals surface area (Å²) >= 11 is 0. The molecule has 0 fully saturated rings. The minimum Gasteiger partial charge on any atom is -0.347 e. The van der Waals surface area contributed by atoms with Crippen LogP contribution in [-0.4, -0.2) is 11.4 Å². The van der Waals surface area contributed by atoms with Crippen LogP contribution >= 0.6 is 0 Å². The van der Waals surface area contributed by atoms with Gasteiger partial charge in [-0.2, -0.15) is 0 Å². The van der Waals surface area contributed by atoms with Gasteiger partial charge in [0.15, 0.2) is 1.41 Å². The van der Waals surface area contributed by atoms with E-state index in [2.05, 4.69) is 0 Å². The molecular formula is C11H15NO. The van der Waals surface area contributed by atoms with Crippen molar-refractivity contribution in [3.8, 4) is 0 Å². The Morgan fingerprint density at radius 2 is 1.85 bits per heavy atom. The largest absolute Gasteiger partial charge is 0.347 e. The van der Waals surface area contributed by atoms with Gasteiger partial charge in [0.05, 0.1) is 0 Å². The Kier molecular flexibility index (Phi) is 2.30. The van der Waals surface area contributed by atoms with Crippen molar-refractivity contribution in [1.29, 1.82) is 0 Å². The van der Waals surface area contributed by atoms with Gasteiger partial charge in [-0.05, 0) is 32.9 Å². The molecule has 13 heavy (non-hydrogen) atoms. The van der Waals surface area contributed by atoms with Crippen LogP contribution in [0.2, 0.25) is 1.41 Å². The summed E-state index contributed by atoms with van der Waals surface area (Å²) in [6.07, 6.45) is 0. The first-order valence-corrected chi connectivity index (χ1v) is 4.31. The molecule has 0 saturated heterocycles. The lowest BCUT2D eigenvalue weighted by atomic mass is 10.1. The monoisotopic (exact) mass is 178 g/mol. The molecular weight excluding hydrogens is 162 g/mol. The zero-order valence-electron chi connectivity index (χ0n) is 9.24. The molecule has 1 aromatic carbocycles. The second-order valence-corrected chi connectivity index (χ2v) is 3.95. The number of amides is 1. The van der Waals surface area contributed by atoms with Crippen LogP contribution in [0, 0.1) is 0 Å². The Morgan fingerprint density at radius 3 is 2.31 bits per heavy atom. The number of carbonyl (C=O) groups excluding carboxylic acids is 1. The van der Waals surface area contributed by atoms with Gasteiger partial charge in [-0.3, -0.25) is 4.79 Å². The van der Waals surface area contributed by atoms with Crippen LogP contribution in [-0.2, 0) is 0 Å². The van der Waals surface area contributed by atoms with Crippen LogP contribution in [0.25, 0.3) is 0 Å². The van der Waals surface area contributed by atoms with E-state index >= 15 is 0 Å². The van der Waals surface area contributed by atoms with Crippen molar-refractivity contribution < 1.29 is 6.21 Å². The Hall–Kier alpha value is -1.31. The molecule has 0 atom stereocenters. The highest BCUT2D eigenvalue weighted by atomic mass is 16.1. The molecule has 0 heterocycles. The molecule has 0 saturated carbocycles. The summed E-state index contributed by atoms with van der Waals surface area (Å²) in [5.74, 6) is -0.266. The molecule has 0 spiro atoms. The van der Waals surface area contributed by atoms with Crippen molar-refractivity contribution in [2.45, 2.75) is 26.3 Å². The first-order chi connectivity index (χ1) is 6.43. The molecule has 0 radical (unpaired) electrons. The number of hydrogen-bond donors (Lipinski definition) is 1. The van der Waals surface area contributed by atoms with Crippen molar-refractivity contribution in [3.63, 3.8) is 0 Å². The minimum absolute atomic E-state index is 0.266. The maximum atomic E-state index is 11.7. The van der Waals surface area contributed by atoms with Crippen LogP contribution in [0.5, 0.6) is 0 Å². The molecule has 1 aromatic rings. The fraction of sp³-hybridized carbons (Fsp3) is 0.364. The highest BCUT2D eigenvalue weighted by Crippen LogP contribution is 2.03. The highest BCUT2D eigenvalue weighted by molar-refractivity contribution is 5.94. The average molecular weight is 178 g/mol. The Balaban J connectivity index is 2.87. The molecule has 0 unspecified atom stereocenters. The second-order valence-electron chi connectivity index (χ2n) is 3.95. The summed E-state index contributed by atoms with van der Waals surface area (Å²) < 4.78 is 7.65. The molecule has 70 valence electrons. The maximum absolute atomic E-state index is 11.7. The van der Waals surface area contributed by atoms with E-state index in [0.29, 0.717) is 5.56 Å². The lowest BCUT2D eigenvalue weighted by Gasteiger charge is -2.20. The number of benzene rings is 1. The molecule has 1 amide bonds. The fourth-order valence-corrected chi connectivity index (χ4v) is 0.950. The highest BCUT2D eigenvalue weighted by Gasteiger charge is 2.14. The third-order valence-corrected chi connectivity index (χ3v) is 1.46. The number of nitrogens with one attached hydrogen (secondary N) is 1. The van der Waals surface area contributed by atoms with E-state index in [1.54, 1.807) is 24.3 Å². The van der Waals surface area contributed by atoms with Crippen molar-refractivity contribution in [3.05, 3.63) is 35.9 Å². The molecule has 0 aromatic heterocycles. The molecule has 1 rings (SSSR count). The van der Waals surface area contributed by atoms with Gasteiger partial charge < -0.3 is 5.31 Å². The van der Waals surface area contributed by atoms with Crippen LogP contribution in [0.3, 0.4) is 0 Å². The van der Waals surface area contributed by atoms with Crippen molar-refractivity contribution in [1.82, 2.24) is 5.31 Å². The minimum atomic E-state index is -0.465. The molecule has 0 aliphatic heterocycles. The van der Waals surface area contributed by atoms with Crippen LogP contribution < -0.4 is 5.31 Å². The molecule has 0 aliphatic carbocycles. The predicted octanol–water partition coefficient (Wildman–Crippen LogP) is 2.21. The third-order valence-electron chi connectivity index (χ3n) is 1.46. The molecule has 0 aliphatic rings. The number of carbonyl (C=O) groups is 1. The van der Waals surface area contributed by atoms with Gasteiger partial charge in [-0.25, -0.2) is 0 Å². The zero-order valence-corrected chi connectivity index (χ0v) is 8.24. The van der Waals surface area contributed by atoms with E-state index in [-0.39, 0.29) is 5.91 Å². The smallest absolute Gasteiger partial charge is 0.251 e. The summed E-state index contributed by atoms with van der Waals surface area (Å²) in [5, 5.41) is 1.00. The third kappa shape index (κ3) is 3.28. The number of rotatable bonds is 1. The van der Waals surface area contributed by atoms with Gasteiger partial charge in [0, 0.05) is 11.1 Å². The van der Waals surface area contributed by atoms with Crippen LogP contribution in [0.4, 0.5) is 0 Å². The first kappa shape index (κ1) is 8.30. The normalized spacial score (nSPS) is 12.1. The van der Waals surface area contributed by atoms with E-state index in [4.69, 9.17) is 1.41 Å². The van der Waals surface area contributed by atoms with E-state index in [9.17, 15) is 4.79 Å². The fourth-order valence-electron chi connectivity index (χ4n) is 0.950. The van der Waals surface area contributed by atoms with E-state index in [1.807, 2.05) is 26.8 Å². The molecule has 0 bridgehead atoms. The van der Waals surface area contributed by atoms with Crippen molar-refractivity contribution in [2.75, 3.05) is 0 Å². The summed E-state index contributed by atoms with van der Waals surface area (Å²) in [6, 6.07) is 8.88. The quantitative estimate of drug-likeness (QED) is 0.702. The van der Waals surface area contributed by atoms with Gasteiger partial charge in [0.25, 0.3) is 5.91 Å². The first-order valence-electron chi connectivity index (χ1n) is 4.76. The zero-order chi connectivity index (χ0) is 10.8. The Labute approximate surface area is 80.4 Å². The van der Waals surface area contributed by atoms with Gasteiger partial charge >= 0.3 is 0 Å². The summed E-state index contributed by atoms with van der Waals surface area (Å²) in [5.41, 5.74) is 0.0878. The second kappa shape index (κ2) is 3.60. The molecule has 2 heteroatoms. The van der Waals surface area contributed by atoms with Crippen LogP contribution in [0.15, 0.2) is 30.3 Å². The summed E-state index contributed by atoms with van der Waals surface area (Å²) in [6.45, 7) is 5.50. The average Bonchev–Trinajstić information content (AvgIpc) is 2.15. The maximum Gasteiger partial charge on any atom is 0.251 e. The van der Waals surface area contributed by atoms with Gasteiger partial charge in [-0.1, -0.05) is 18.2 Å². The Morgan fingerprint density at radius 1 is 1.31 bits per heavy atom. The van der Waals surface area contributed by atoms with Crippen molar-refractivity contribution in [2.24, 2.45) is 0 Å². The van der Waals surface area contributed by atoms with Gasteiger partial charge in [0.1, 0.15) is 0 Å². The van der Waals surface area contributed by atoms with Crippen molar-refractivity contribution >= 4 is 5.91 Å². The summed E-state index contributed by atoms with van der Waals surface area (Å²) in [4.78, 5) is 11.7. The van der Waals surface area contributed by atoms with E-state index in [0.717, 1.165) is 5.31 Å². The SMILES string of the molecule is [2H]N(C(=O)c1ccccc1)C(C)(C)C.